The minimum atomic E-state index is 0. The van der Waals surface area contributed by atoms with Gasteiger partial charge in [-0.3, -0.25) is 0 Å². The Morgan fingerprint density at radius 3 is 0.400 bits per heavy atom. The van der Waals surface area contributed by atoms with Gasteiger partial charge in [-0.25, -0.2) is 12.8 Å². The second-order valence-corrected chi connectivity index (χ2v) is 0.707. The van der Waals surface area contributed by atoms with Crippen molar-refractivity contribution in [1.29, 1.82) is 0 Å². The van der Waals surface area contributed by atoms with E-state index in [1.165, 1.54) is 0 Å². The molecule has 0 unspecified atom stereocenters. The van der Waals surface area contributed by atoms with Crippen LogP contribution in [0.5, 0.6) is 0 Å². The third-order valence-electron chi connectivity index (χ3n) is 0.250. The monoisotopic (exact) mass is 1030 g/mol. The van der Waals surface area contributed by atoms with E-state index in [-0.39, 0.29) is 360 Å². The molecular weight excluding hydrogens is 1030 g/mol. The van der Waals surface area contributed by atoms with Crippen LogP contribution < -0.4 is 0 Å². The Labute approximate surface area is 373 Å². The van der Waals surface area contributed by atoms with Crippen molar-refractivity contribution in [2.45, 2.75) is 12.8 Å². The average Bonchev–Trinajstić information content (AvgIpc) is 1.37. The first-order valence-electron chi connectivity index (χ1n) is 1.50. The third-order valence-corrected chi connectivity index (χ3v) is 0.250. The van der Waals surface area contributed by atoms with Crippen LogP contribution in [0.15, 0.2) is 0 Å². The van der Waals surface area contributed by atoms with E-state index < -0.39 is 0 Å². The Morgan fingerprint density at radius 1 is 0.333 bits per heavy atom. The van der Waals surface area contributed by atoms with Crippen LogP contribution in [0.2, 0.25) is 0 Å². The molecule has 0 aliphatic rings. The van der Waals surface area contributed by atoms with Crippen molar-refractivity contribution in [3.63, 3.8) is 0 Å². The van der Waals surface area contributed by atoms with Gasteiger partial charge in [0.2, 0.25) is 0 Å². The van der Waals surface area contributed by atoms with Crippen molar-refractivity contribution >= 4 is 0 Å². The van der Waals surface area contributed by atoms with Gasteiger partial charge in [-0.15, -0.1) is 0 Å². The van der Waals surface area contributed by atoms with Gasteiger partial charge in [0.15, 0.2) is 0 Å². The van der Waals surface area contributed by atoms with Crippen LogP contribution in [0.3, 0.4) is 0 Å². The summed E-state index contributed by atoms with van der Waals surface area (Å²) in [6.45, 7) is 7.08. The summed E-state index contributed by atoms with van der Waals surface area (Å²) in [7, 11) is 0. The molecule has 0 bridgehead atoms. The number of unbranched alkanes of at least 4 members (excludes halogenated alkanes) is 1. The van der Waals surface area contributed by atoms with E-state index in [0.717, 1.165) is 12.8 Å². The molecule has 0 amide bonds. The molecule has 0 aromatic rings. The van der Waals surface area contributed by atoms with Gasteiger partial charge in [0, 0.05) is 360 Å². The molecule has 0 atom stereocenters. The first kappa shape index (κ1) is 80.9. The van der Waals surface area contributed by atoms with Crippen LogP contribution >= 0.6 is 0 Å². The number of hydrogen-bond acceptors (Lipinski definition) is 0. The molecule has 0 heterocycles. The third kappa shape index (κ3) is 88.2. The molecule has 0 saturated heterocycles. The molecule has 0 rings (SSSR count). The molecule has 0 aliphatic carbocycles. The summed E-state index contributed by atoms with van der Waals surface area (Å²) in [5.41, 5.74) is 0. The molecule has 59 valence electrons. The Kier molecular flexibility index (Phi) is 446. The fourth-order valence-corrected chi connectivity index (χ4v) is 0. The molecule has 0 nitrogen and oxygen atoms in total. The molecular formula is C4H8Y11-2. The van der Waals surface area contributed by atoms with E-state index in [1.54, 1.807) is 0 Å². The summed E-state index contributed by atoms with van der Waals surface area (Å²) in [5, 5.41) is 0. The Hall–Kier alpha value is 12.1. The summed E-state index contributed by atoms with van der Waals surface area (Å²) >= 11 is 0. The van der Waals surface area contributed by atoms with Gasteiger partial charge in [0.25, 0.3) is 0 Å². The summed E-state index contributed by atoms with van der Waals surface area (Å²) in [6, 6.07) is 0. The van der Waals surface area contributed by atoms with Crippen LogP contribution in [0.1, 0.15) is 12.8 Å². The minimum absolute atomic E-state index is 0. The van der Waals surface area contributed by atoms with Gasteiger partial charge in [-0.1, -0.05) is 0 Å². The van der Waals surface area contributed by atoms with E-state index in [2.05, 4.69) is 13.8 Å². The van der Waals surface area contributed by atoms with Crippen LogP contribution in [0.4, 0.5) is 0 Å². The fourth-order valence-electron chi connectivity index (χ4n) is 0. The zero-order valence-electron chi connectivity index (χ0n) is 9.18. The molecule has 0 aliphatic heterocycles. The predicted octanol–water partition coefficient (Wildman–Crippen LogP) is 1.41. The molecule has 0 spiro atoms. The molecule has 0 N–H and O–H groups in total. The van der Waals surface area contributed by atoms with Crippen molar-refractivity contribution in [3.05, 3.63) is 13.8 Å². The van der Waals surface area contributed by atoms with Crippen LogP contribution in [-0.4, -0.2) is 0 Å². The van der Waals surface area contributed by atoms with E-state index in [9.17, 15) is 0 Å². The molecule has 15 heavy (non-hydrogen) atoms. The zero-order valence-corrected chi connectivity index (χ0v) is 40.4. The summed E-state index contributed by atoms with van der Waals surface area (Å²) in [6.07, 6.45) is 1.92. The standard InChI is InChI=1S/C4H8.11Y/c1-3-4-2;;;;;;;;;;;/h1-4H2;;;;;;;;;;;/q-2;;;;;;;;;;;. The van der Waals surface area contributed by atoms with Gasteiger partial charge < -0.3 is 13.8 Å². The summed E-state index contributed by atoms with van der Waals surface area (Å²) < 4.78 is 0. The second kappa shape index (κ2) is 82.6. The van der Waals surface area contributed by atoms with Crippen molar-refractivity contribution in [2.75, 3.05) is 0 Å². The van der Waals surface area contributed by atoms with Gasteiger partial charge in [-0.2, -0.15) is 0 Å². The van der Waals surface area contributed by atoms with Gasteiger partial charge in [0.1, 0.15) is 0 Å². The fraction of sp³-hybridized carbons (Fsp3) is 0.500. The summed E-state index contributed by atoms with van der Waals surface area (Å²) in [4.78, 5) is 0. The maximum Gasteiger partial charge on any atom is 0 e. The largest absolute Gasteiger partial charge is 0.346 e. The molecule has 0 aromatic heterocycles. The molecule has 11 radical (unpaired) electrons. The van der Waals surface area contributed by atoms with E-state index >= 15 is 0 Å². The van der Waals surface area contributed by atoms with Crippen LogP contribution in [-0.2, 0) is 360 Å². The SMILES string of the molecule is [CH2-]CC[CH2-].[Y].[Y].[Y].[Y].[Y].[Y].[Y].[Y].[Y].[Y].[Y]. The van der Waals surface area contributed by atoms with Crippen LogP contribution in [0.25, 0.3) is 0 Å². The molecule has 0 aromatic carbocycles. The molecule has 0 fully saturated rings. The number of rotatable bonds is 1. The van der Waals surface area contributed by atoms with E-state index in [0.29, 0.717) is 0 Å². The smallest absolute Gasteiger partial charge is 0 e. The Balaban J connectivity index is -0.000000000818. The second-order valence-electron chi connectivity index (χ2n) is 0.707. The number of hydrogen-bond donors (Lipinski definition) is 0. The summed E-state index contributed by atoms with van der Waals surface area (Å²) in [5.74, 6) is 0. The molecule has 0 saturated carbocycles. The quantitative estimate of drug-likeness (QED) is 0.350. The Bertz CT molecular complexity index is 14.5. The maximum absolute atomic E-state index is 3.54. The normalized spacial score (nSPS) is 2.00. The Morgan fingerprint density at radius 2 is 0.400 bits per heavy atom. The van der Waals surface area contributed by atoms with Crippen molar-refractivity contribution in [3.8, 4) is 0 Å². The minimum Gasteiger partial charge on any atom is -0.346 e. The van der Waals surface area contributed by atoms with Crippen molar-refractivity contribution in [1.82, 2.24) is 0 Å². The van der Waals surface area contributed by atoms with Crippen LogP contribution in [0, 0.1) is 13.8 Å². The first-order chi connectivity index (χ1) is 1.91. The van der Waals surface area contributed by atoms with Gasteiger partial charge in [-0.05, 0) is 0 Å². The van der Waals surface area contributed by atoms with E-state index in [4.69, 9.17) is 0 Å². The average molecular weight is 1030 g/mol. The maximum atomic E-state index is 3.54. The van der Waals surface area contributed by atoms with Gasteiger partial charge in [0.05, 0.1) is 0 Å². The first-order valence-corrected chi connectivity index (χ1v) is 1.50. The van der Waals surface area contributed by atoms with Crippen molar-refractivity contribution in [2.24, 2.45) is 0 Å². The topological polar surface area (TPSA) is 0 Å². The zero-order chi connectivity index (χ0) is 3.41. The molecule has 11 heteroatoms. The van der Waals surface area contributed by atoms with Gasteiger partial charge >= 0.3 is 0 Å². The van der Waals surface area contributed by atoms with E-state index in [1.807, 2.05) is 0 Å². The predicted molar refractivity (Wildman–Crippen MR) is 19.9 cm³/mol. The van der Waals surface area contributed by atoms with Crippen molar-refractivity contribution < 1.29 is 360 Å².